The Hall–Kier alpha value is -2.81. The summed E-state index contributed by atoms with van der Waals surface area (Å²) in [5.74, 6) is 0.230. The second-order valence-electron chi connectivity index (χ2n) is 9.89. The first-order chi connectivity index (χ1) is 20.7. The predicted molar refractivity (Wildman–Crippen MR) is 148 cm³/mol. The molecule has 0 amide bonds. The second kappa shape index (κ2) is 11.0. The van der Waals surface area contributed by atoms with E-state index in [0.717, 1.165) is 0 Å². The fourth-order valence-corrected chi connectivity index (χ4v) is 8.95. The molecule has 0 radical (unpaired) electrons. The van der Waals surface area contributed by atoms with E-state index in [1.807, 2.05) is 0 Å². The SMILES string of the molecule is NSP1(=O)CC2OC(n3cnc4c(N)ncnc43)[C@H](O[PH](=O)OC[C@@H]3OC(n4cnc5c(N)ncnc54)[C@H](O)[C@@H]3O1)[C@@H]2O. The van der Waals surface area contributed by atoms with Gasteiger partial charge in [0.2, 0.25) is 0 Å². The molecule has 5 unspecified atom stereocenters. The van der Waals surface area contributed by atoms with Crippen LogP contribution in [-0.2, 0) is 32.2 Å². The van der Waals surface area contributed by atoms with Crippen molar-refractivity contribution in [1.82, 2.24) is 39.0 Å². The number of nitrogen functional groups attached to an aromatic ring is 2. The normalized spacial score (nSPS) is 36.9. The molecule has 20 nitrogen and oxygen atoms in total. The number of ether oxygens (including phenoxy) is 2. The van der Waals surface area contributed by atoms with Gasteiger partial charge in [-0.05, 0) is 0 Å². The first-order valence-corrected chi connectivity index (χ1v) is 17.2. The molecule has 2 bridgehead atoms. The summed E-state index contributed by atoms with van der Waals surface area (Å²) in [6, 6.07) is 0. The molecule has 0 saturated carbocycles. The lowest BCUT2D eigenvalue weighted by Crippen LogP contribution is -2.38. The van der Waals surface area contributed by atoms with E-state index >= 15 is 0 Å². The van der Waals surface area contributed by atoms with E-state index in [2.05, 4.69) is 29.9 Å². The van der Waals surface area contributed by atoms with Gasteiger partial charge in [-0.25, -0.2) is 29.9 Å². The van der Waals surface area contributed by atoms with Crippen molar-refractivity contribution in [3.05, 3.63) is 25.3 Å². The van der Waals surface area contributed by atoms with Gasteiger partial charge in [-0.1, -0.05) is 0 Å². The Kier molecular flexibility index (Phi) is 7.38. The van der Waals surface area contributed by atoms with E-state index in [4.69, 9.17) is 39.7 Å². The number of rotatable bonds is 3. The number of aliphatic hydroxyl groups excluding tert-OH is 2. The average Bonchev–Trinajstić information content (AvgIpc) is 3.74. The zero-order valence-corrected chi connectivity index (χ0v) is 24.5. The van der Waals surface area contributed by atoms with Gasteiger partial charge in [0.1, 0.15) is 54.2 Å². The van der Waals surface area contributed by atoms with Crippen LogP contribution >= 0.6 is 26.4 Å². The van der Waals surface area contributed by atoms with Gasteiger partial charge >= 0.3 is 8.25 Å². The fraction of sp³-hybridized carbons (Fsp3) is 0.500. The van der Waals surface area contributed by atoms with Crippen molar-refractivity contribution in [3.8, 4) is 0 Å². The summed E-state index contributed by atoms with van der Waals surface area (Å²) >= 11 is 0.422. The van der Waals surface area contributed by atoms with Crippen molar-refractivity contribution in [3.63, 3.8) is 0 Å². The van der Waals surface area contributed by atoms with Crippen LogP contribution in [0.3, 0.4) is 0 Å². The lowest BCUT2D eigenvalue weighted by molar-refractivity contribution is -0.0507. The molecule has 3 aliphatic heterocycles. The van der Waals surface area contributed by atoms with E-state index < -0.39 is 76.7 Å². The van der Waals surface area contributed by atoms with Crippen LogP contribution < -0.4 is 16.6 Å². The van der Waals surface area contributed by atoms with Gasteiger partial charge in [0.15, 0.2) is 35.4 Å². The molecule has 3 fully saturated rings. The molecule has 10 atom stereocenters. The van der Waals surface area contributed by atoms with E-state index in [1.54, 1.807) is 0 Å². The highest BCUT2D eigenvalue weighted by molar-refractivity contribution is 8.55. The molecule has 43 heavy (non-hydrogen) atoms. The van der Waals surface area contributed by atoms with Crippen molar-refractivity contribution >= 4 is 60.4 Å². The zero-order chi connectivity index (χ0) is 30.0. The quantitative estimate of drug-likeness (QED) is 0.135. The smallest absolute Gasteiger partial charge is 0.319 e. The number of nitrogens with zero attached hydrogens (tertiary/aromatic N) is 8. The summed E-state index contributed by atoms with van der Waals surface area (Å²) in [7, 11) is -3.32. The molecule has 23 heteroatoms. The van der Waals surface area contributed by atoms with E-state index in [1.165, 1.54) is 34.4 Å². The number of fused-ring (bicyclic) bond motifs is 5. The van der Waals surface area contributed by atoms with Gasteiger partial charge in [-0.3, -0.25) is 27.9 Å². The van der Waals surface area contributed by atoms with Crippen molar-refractivity contribution in [2.24, 2.45) is 5.14 Å². The maximum absolute atomic E-state index is 14.0. The van der Waals surface area contributed by atoms with Crippen LogP contribution in [0.15, 0.2) is 25.3 Å². The summed E-state index contributed by atoms with van der Waals surface area (Å²) in [6.07, 6.45) is -5.29. The molecular formula is C20H25N11O9P2S. The Morgan fingerprint density at radius 3 is 2.12 bits per heavy atom. The number of hydrogen-bond acceptors (Lipinski definition) is 19. The molecule has 3 aliphatic rings. The number of nitrogens with two attached hydrogens (primary N) is 3. The highest BCUT2D eigenvalue weighted by atomic mass is 32.7. The van der Waals surface area contributed by atoms with Gasteiger partial charge in [0.25, 0.3) is 6.57 Å². The first-order valence-electron chi connectivity index (χ1n) is 12.7. The highest BCUT2D eigenvalue weighted by Gasteiger charge is 2.54. The van der Waals surface area contributed by atoms with Gasteiger partial charge in [0.05, 0.1) is 31.5 Å². The number of imidazole rings is 2. The molecule has 230 valence electrons. The predicted octanol–water partition coefficient (Wildman–Crippen LogP) is -0.662. The standard InChI is InChI=1S/C20H25N11O9P2S/c21-15-9-17(26-3-24-15)30(5-28-9)19-12(33)13-7(37-19)1-36-41(34)39-14-11(32)8(2-42(35,40-13)43-23)38-20(14)31-6-29-10-16(22)25-4-27-18(10)31/h3-8,11-14,19-20,32-33,41H,1-2,23H2,(H2,21,24,26)(H2,22,25,27)/t7-,8?,11+,12+,13+,14+,19?,20?,42?/m0/s1. The lowest BCUT2D eigenvalue weighted by Gasteiger charge is -2.28. The third-order valence-electron chi connectivity index (χ3n) is 7.39. The number of anilines is 2. The molecular weight excluding hydrogens is 632 g/mol. The van der Waals surface area contributed by atoms with Crippen molar-refractivity contribution in [2.75, 3.05) is 24.2 Å². The maximum atomic E-state index is 14.0. The first kappa shape index (κ1) is 28.9. The molecule has 4 aromatic heterocycles. The summed E-state index contributed by atoms with van der Waals surface area (Å²) < 4.78 is 59.2. The van der Waals surface area contributed by atoms with Crippen LogP contribution in [-0.4, -0.2) is 98.6 Å². The summed E-state index contributed by atoms with van der Waals surface area (Å²) in [4.78, 5) is 24.6. The minimum atomic E-state index is -3.92. The van der Waals surface area contributed by atoms with Crippen molar-refractivity contribution in [1.29, 1.82) is 0 Å². The topological polar surface area (TPSA) is 286 Å². The molecule has 7 rings (SSSR count). The second-order valence-corrected chi connectivity index (χ2v) is 15.2. The van der Waals surface area contributed by atoms with E-state index in [0.29, 0.717) is 11.6 Å². The number of aromatic nitrogens is 8. The van der Waals surface area contributed by atoms with Crippen LogP contribution in [0.1, 0.15) is 12.5 Å². The Morgan fingerprint density at radius 1 is 0.884 bits per heavy atom. The number of aliphatic hydroxyl groups is 2. The monoisotopic (exact) mass is 657 g/mol. The van der Waals surface area contributed by atoms with Crippen molar-refractivity contribution in [2.45, 2.75) is 49.1 Å². The minimum absolute atomic E-state index is 0.111. The van der Waals surface area contributed by atoms with Crippen LogP contribution in [0.5, 0.6) is 0 Å². The maximum Gasteiger partial charge on any atom is 0.319 e. The summed E-state index contributed by atoms with van der Waals surface area (Å²) in [5.41, 5.74) is 12.9. The Labute approximate surface area is 245 Å². The van der Waals surface area contributed by atoms with Gasteiger partial charge in [-0.2, -0.15) is 0 Å². The molecule has 0 aliphatic carbocycles. The Balaban J connectivity index is 1.21. The minimum Gasteiger partial charge on any atom is -0.387 e. The average molecular weight is 658 g/mol. The van der Waals surface area contributed by atoms with Crippen LogP contribution in [0.2, 0.25) is 0 Å². The van der Waals surface area contributed by atoms with Crippen LogP contribution in [0.4, 0.5) is 11.6 Å². The molecule has 4 aromatic rings. The number of hydrogen-bond donors (Lipinski definition) is 5. The summed E-state index contributed by atoms with van der Waals surface area (Å²) in [5, 5.41) is 28.4. The van der Waals surface area contributed by atoms with E-state index in [9.17, 15) is 19.3 Å². The van der Waals surface area contributed by atoms with Crippen molar-refractivity contribution < 1.29 is 42.4 Å². The molecule has 7 heterocycles. The molecule has 3 saturated heterocycles. The van der Waals surface area contributed by atoms with Crippen LogP contribution in [0, 0.1) is 0 Å². The van der Waals surface area contributed by atoms with E-state index in [-0.39, 0.29) is 34.0 Å². The molecule has 0 spiro atoms. The zero-order valence-electron chi connectivity index (χ0n) is 21.8. The fourth-order valence-electron chi connectivity index (χ4n) is 5.36. The third-order valence-corrected chi connectivity index (χ3v) is 11.6. The van der Waals surface area contributed by atoms with Gasteiger partial charge < -0.3 is 40.2 Å². The molecule has 0 aromatic carbocycles. The molecule has 8 N–H and O–H groups in total. The van der Waals surface area contributed by atoms with Gasteiger partial charge in [-0.15, -0.1) is 0 Å². The van der Waals surface area contributed by atoms with Gasteiger partial charge in [0, 0.05) is 11.6 Å². The van der Waals surface area contributed by atoms with Crippen LogP contribution in [0.25, 0.3) is 22.3 Å². The summed E-state index contributed by atoms with van der Waals surface area (Å²) in [6.45, 7) is -4.34. The third kappa shape index (κ3) is 4.90. The highest BCUT2D eigenvalue weighted by Crippen LogP contribution is 2.61. The largest absolute Gasteiger partial charge is 0.387 e. The Bertz CT molecular complexity index is 1760. The Morgan fingerprint density at radius 2 is 1.49 bits per heavy atom. The lowest BCUT2D eigenvalue weighted by atomic mass is 10.1.